The summed E-state index contributed by atoms with van der Waals surface area (Å²) < 4.78 is 32.4. The number of carbonyl (C=O) groups is 1. The van der Waals surface area contributed by atoms with Gasteiger partial charge in [-0.2, -0.15) is 8.42 Å². The van der Waals surface area contributed by atoms with Crippen LogP contribution in [0.3, 0.4) is 0 Å². The van der Waals surface area contributed by atoms with E-state index >= 15 is 0 Å². The molecular formula is C14H26O5S. The Morgan fingerprint density at radius 3 is 2.30 bits per heavy atom. The van der Waals surface area contributed by atoms with Crippen molar-refractivity contribution in [1.29, 1.82) is 0 Å². The van der Waals surface area contributed by atoms with Gasteiger partial charge in [0.15, 0.2) is 0 Å². The van der Waals surface area contributed by atoms with E-state index in [0.29, 0.717) is 6.42 Å². The van der Waals surface area contributed by atoms with E-state index in [4.69, 9.17) is 8.92 Å². The lowest BCUT2D eigenvalue weighted by Crippen LogP contribution is -2.30. The highest BCUT2D eigenvalue weighted by Crippen LogP contribution is 2.40. The molecule has 20 heavy (non-hydrogen) atoms. The molecule has 1 rings (SSSR count). The number of ether oxygens (including phenoxy) is 1. The lowest BCUT2D eigenvalue weighted by molar-refractivity contribution is -0.161. The van der Waals surface area contributed by atoms with Gasteiger partial charge in [0.05, 0.1) is 18.8 Å². The van der Waals surface area contributed by atoms with Crippen LogP contribution in [-0.4, -0.2) is 32.9 Å². The third-order valence-corrected chi connectivity index (χ3v) is 4.11. The maximum absolute atomic E-state index is 12.2. The maximum Gasteiger partial charge on any atom is 0.309 e. The summed E-state index contributed by atoms with van der Waals surface area (Å²) >= 11 is 0. The Balaban J connectivity index is 2.62. The minimum atomic E-state index is -3.42. The standard InChI is InChI=1S/C14H26O5S/c1-6-11-7-10(9-18-20(5,16)17)8-12(11)13(15)19-14(2,3)4/h10-12H,6-9H2,1-5H3. The van der Waals surface area contributed by atoms with Gasteiger partial charge >= 0.3 is 5.97 Å². The first-order valence-electron chi connectivity index (χ1n) is 7.09. The predicted octanol–water partition coefficient (Wildman–Crippen LogP) is 2.36. The van der Waals surface area contributed by atoms with Gasteiger partial charge in [-0.3, -0.25) is 8.98 Å². The molecule has 0 radical (unpaired) electrons. The van der Waals surface area contributed by atoms with Gasteiger partial charge in [-0.1, -0.05) is 13.3 Å². The van der Waals surface area contributed by atoms with E-state index in [9.17, 15) is 13.2 Å². The lowest BCUT2D eigenvalue weighted by atomic mass is 9.93. The number of esters is 1. The summed E-state index contributed by atoms with van der Waals surface area (Å²) in [4.78, 5) is 12.2. The molecule has 5 nitrogen and oxygen atoms in total. The van der Waals surface area contributed by atoms with E-state index in [1.54, 1.807) is 0 Å². The molecule has 0 spiro atoms. The molecule has 0 heterocycles. The summed E-state index contributed by atoms with van der Waals surface area (Å²) in [6.07, 6.45) is 3.39. The van der Waals surface area contributed by atoms with Crippen LogP contribution in [0, 0.1) is 17.8 Å². The Hall–Kier alpha value is -0.620. The van der Waals surface area contributed by atoms with Gasteiger partial charge in [0.25, 0.3) is 10.1 Å². The molecule has 1 saturated carbocycles. The zero-order chi connectivity index (χ0) is 15.6. The van der Waals surface area contributed by atoms with Crippen molar-refractivity contribution in [3.8, 4) is 0 Å². The van der Waals surface area contributed by atoms with Crippen molar-refractivity contribution < 1.29 is 22.1 Å². The van der Waals surface area contributed by atoms with E-state index < -0.39 is 15.7 Å². The normalized spacial score (nSPS) is 27.6. The summed E-state index contributed by atoms with van der Waals surface area (Å²) in [5.74, 6) is 0.0313. The molecule has 0 aromatic rings. The van der Waals surface area contributed by atoms with Crippen molar-refractivity contribution in [2.75, 3.05) is 12.9 Å². The molecule has 3 atom stereocenters. The second-order valence-electron chi connectivity index (χ2n) is 6.63. The minimum absolute atomic E-state index is 0.104. The topological polar surface area (TPSA) is 69.7 Å². The quantitative estimate of drug-likeness (QED) is 0.576. The van der Waals surface area contributed by atoms with Crippen LogP contribution in [-0.2, 0) is 23.8 Å². The molecular weight excluding hydrogens is 280 g/mol. The molecule has 0 bridgehead atoms. The van der Waals surface area contributed by atoms with Crippen molar-refractivity contribution >= 4 is 16.1 Å². The van der Waals surface area contributed by atoms with Crippen molar-refractivity contribution in [3.05, 3.63) is 0 Å². The Bertz CT molecular complexity index is 435. The third-order valence-electron chi connectivity index (χ3n) is 3.54. The van der Waals surface area contributed by atoms with Crippen molar-refractivity contribution in [2.45, 2.75) is 52.6 Å². The number of rotatable bonds is 5. The van der Waals surface area contributed by atoms with E-state index in [-0.39, 0.29) is 30.3 Å². The van der Waals surface area contributed by atoms with E-state index in [1.165, 1.54) is 0 Å². The summed E-state index contributed by atoms with van der Waals surface area (Å²) in [7, 11) is -3.42. The second kappa shape index (κ2) is 6.43. The monoisotopic (exact) mass is 306 g/mol. The highest BCUT2D eigenvalue weighted by atomic mass is 32.2. The van der Waals surface area contributed by atoms with Crippen LogP contribution in [0.2, 0.25) is 0 Å². The minimum Gasteiger partial charge on any atom is -0.460 e. The van der Waals surface area contributed by atoms with E-state index in [0.717, 1.165) is 19.1 Å². The highest BCUT2D eigenvalue weighted by molar-refractivity contribution is 7.85. The molecule has 6 heteroatoms. The van der Waals surface area contributed by atoms with E-state index in [1.807, 2.05) is 27.7 Å². The molecule has 1 aliphatic rings. The molecule has 0 N–H and O–H groups in total. The Kier molecular flexibility index (Phi) is 5.61. The van der Waals surface area contributed by atoms with Gasteiger partial charge < -0.3 is 4.74 Å². The Morgan fingerprint density at radius 2 is 1.85 bits per heavy atom. The second-order valence-corrected chi connectivity index (χ2v) is 8.28. The SMILES string of the molecule is CCC1CC(COS(C)(=O)=O)CC1C(=O)OC(C)(C)C. The number of hydrogen-bond acceptors (Lipinski definition) is 5. The molecule has 118 valence electrons. The summed E-state index contributed by atoms with van der Waals surface area (Å²) in [5, 5.41) is 0. The average molecular weight is 306 g/mol. The summed E-state index contributed by atoms with van der Waals surface area (Å²) in [5.41, 5.74) is -0.489. The van der Waals surface area contributed by atoms with Gasteiger partial charge in [0.1, 0.15) is 5.60 Å². The molecule has 0 amide bonds. The zero-order valence-corrected chi connectivity index (χ0v) is 13.8. The van der Waals surface area contributed by atoms with Gasteiger partial charge in [0, 0.05) is 0 Å². The van der Waals surface area contributed by atoms with E-state index in [2.05, 4.69) is 0 Å². The van der Waals surface area contributed by atoms with Crippen molar-refractivity contribution in [1.82, 2.24) is 0 Å². The highest BCUT2D eigenvalue weighted by Gasteiger charge is 2.40. The fourth-order valence-corrected chi connectivity index (χ4v) is 3.15. The van der Waals surface area contributed by atoms with Gasteiger partial charge in [0.2, 0.25) is 0 Å². The molecule has 0 aliphatic heterocycles. The molecule has 1 fully saturated rings. The smallest absolute Gasteiger partial charge is 0.309 e. The third kappa shape index (κ3) is 5.79. The van der Waals surface area contributed by atoms with Crippen LogP contribution in [0.4, 0.5) is 0 Å². The first-order chi connectivity index (χ1) is 9.02. The zero-order valence-electron chi connectivity index (χ0n) is 13.0. The summed E-state index contributed by atoms with van der Waals surface area (Å²) in [6.45, 7) is 7.76. The summed E-state index contributed by atoms with van der Waals surface area (Å²) in [6, 6.07) is 0. The van der Waals surface area contributed by atoms with Crippen LogP contribution in [0.5, 0.6) is 0 Å². The molecule has 0 saturated heterocycles. The van der Waals surface area contributed by atoms with Gasteiger partial charge in [-0.15, -0.1) is 0 Å². The fraction of sp³-hybridized carbons (Fsp3) is 0.929. The molecule has 0 aromatic heterocycles. The van der Waals surface area contributed by atoms with Crippen LogP contribution >= 0.6 is 0 Å². The van der Waals surface area contributed by atoms with Crippen LogP contribution in [0.25, 0.3) is 0 Å². The predicted molar refractivity (Wildman–Crippen MR) is 76.6 cm³/mol. The first-order valence-corrected chi connectivity index (χ1v) is 8.90. The van der Waals surface area contributed by atoms with Crippen LogP contribution in [0.15, 0.2) is 0 Å². The van der Waals surface area contributed by atoms with Gasteiger partial charge in [-0.05, 0) is 45.4 Å². The molecule has 1 aliphatic carbocycles. The molecule has 3 unspecified atom stereocenters. The van der Waals surface area contributed by atoms with Crippen molar-refractivity contribution in [3.63, 3.8) is 0 Å². The van der Waals surface area contributed by atoms with Crippen LogP contribution < -0.4 is 0 Å². The maximum atomic E-state index is 12.2. The lowest BCUT2D eigenvalue weighted by Gasteiger charge is -2.24. The largest absolute Gasteiger partial charge is 0.460 e. The fourth-order valence-electron chi connectivity index (χ4n) is 2.71. The Morgan fingerprint density at radius 1 is 1.25 bits per heavy atom. The average Bonchev–Trinajstić information content (AvgIpc) is 2.66. The number of carbonyl (C=O) groups excluding carboxylic acids is 1. The van der Waals surface area contributed by atoms with Gasteiger partial charge in [-0.25, -0.2) is 0 Å². The Labute approximate surface area is 122 Å². The molecule has 0 aromatic carbocycles. The number of hydrogen-bond donors (Lipinski definition) is 0. The van der Waals surface area contributed by atoms with Crippen molar-refractivity contribution in [2.24, 2.45) is 17.8 Å². The first kappa shape index (κ1) is 17.4. The van der Waals surface area contributed by atoms with Crippen LogP contribution in [0.1, 0.15) is 47.0 Å².